The molecule has 6 nitrogen and oxygen atoms in total. The summed E-state index contributed by atoms with van der Waals surface area (Å²) in [5, 5.41) is 2.90. The van der Waals surface area contributed by atoms with Crippen LogP contribution in [0.15, 0.2) is 0 Å². The summed E-state index contributed by atoms with van der Waals surface area (Å²) in [6, 6.07) is 0.204. The summed E-state index contributed by atoms with van der Waals surface area (Å²) in [6.07, 6.45) is 7.86. The van der Waals surface area contributed by atoms with Crippen molar-refractivity contribution in [1.82, 2.24) is 20.0 Å². The standard InChI is InChI=1S/C19H34N4O2/c1-2-20-19(25)22-12-6-9-17(15-22)23(18(24)16-7-5-8-16)14-13-21-10-3-4-11-21/h16-17H,2-15H2,1H3,(H,20,25). The zero-order valence-electron chi connectivity index (χ0n) is 15.7. The van der Waals surface area contributed by atoms with Gasteiger partial charge in [0.05, 0.1) is 0 Å². The molecule has 3 fully saturated rings. The molecule has 3 rings (SSSR count). The zero-order valence-corrected chi connectivity index (χ0v) is 15.7. The van der Waals surface area contributed by atoms with E-state index in [2.05, 4.69) is 15.1 Å². The largest absolute Gasteiger partial charge is 0.338 e. The molecule has 0 aromatic carbocycles. The van der Waals surface area contributed by atoms with Crippen molar-refractivity contribution in [3.63, 3.8) is 0 Å². The molecule has 2 saturated heterocycles. The van der Waals surface area contributed by atoms with Crippen molar-refractivity contribution >= 4 is 11.9 Å². The molecule has 1 aliphatic carbocycles. The summed E-state index contributed by atoms with van der Waals surface area (Å²) in [5.41, 5.74) is 0. The van der Waals surface area contributed by atoms with Crippen LogP contribution in [0.5, 0.6) is 0 Å². The maximum Gasteiger partial charge on any atom is 0.317 e. The van der Waals surface area contributed by atoms with Crippen molar-refractivity contribution in [2.24, 2.45) is 5.92 Å². The van der Waals surface area contributed by atoms with Gasteiger partial charge >= 0.3 is 6.03 Å². The first-order valence-electron chi connectivity index (χ1n) is 10.2. The molecule has 1 atom stereocenters. The second-order valence-corrected chi connectivity index (χ2v) is 7.79. The number of urea groups is 1. The van der Waals surface area contributed by atoms with Crippen molar-refractivity contribution in [1.29, 1.82) is 0 Å². The van der Waals surface area contributed by atoms with E-state index < -0.39 is 0 Å². The van der Waals surface area contributed by atoms with E-state index in [9.17, 15) is 9.59 Å². The Morgan fingerprint density at radius 3 is 2.44 bits per heavy atom. The Kier molecular flexibility index (Phi) is 6.57. The predicted octanol–water partition coefficient (Wildman–Crippen LogP) is 1.90. The highest BCUT2D eigenvalue weighted by Gasteiger charge is 2.35. The highest BCUT2D eigenvalue weighted by Crippen LogP contribution is 2.30. The zero-order chi connectivity index (χ0) is 17.6. The van der Waals surface area contributed by atoms with Crippen LogP contribution in [-0.2, 0) is 4.79 Å². The van der Waals surface area contributed by atoms with E-state index in [0.717, 1.165) is 45.3 Å². The average Bonchev–Trinajstić information content (AvgIpc) is 3.07. The van der Waals surface area contributed by atoms with Crippen LogP contribution in [0.4, 0.5) is 4.79 Å². The fourth-order valence-electron chi connectivity index (χ4n) is 4.27. The minimum Gasteiger partial charge on any atom is -0.338 e. The lowest BCUT2D eigenvalue weighted by atomic mass is 9.83. The van der Waals surface area contributed by atoms with Gasteiger partial charge in [-0.25, -0.2) is 4.79 Å². The molecule has 1 N–H and O–H groups in total. The lowest BCUT2D eigenvalue weighted by molar-refractivity contribution is -0.141. The van der Waals surface area contributed by atoms with Gasteiger partial charge in [-0.15, -0.1) is 0 Å². The van der Waals surface area contributed by atoms with E-state index in [-0.39, 0.29) is 18.0 Å². The minimum absolute atomic E-state index is 0.0165. The minimum atomic E-state index is 0.0165. The summed E-state index contributed by atoms with van der Waals surface area (Å²) in [7, 11) is 0. The molecule has 0 radical (unpaired) electrons. The molecule has 25 heavy (non-hydrogen) atoms. The van der Waals surface area contributed by atoms with Gasteiger partial charge < -0.3 is 20.0 Å². The van der Waals surface area contributed by atoms with Crippen molar-refractivity contribution in [2.45, 2.75) is 57.9 Å². The van der Waals surface area contributed by atoms with Gasteiger partial charge in [0.15, 0.2) is 0 Å². The summed E-state index contributed by atoms with van der Waals surface area (Å²) in [4.78, 5) is 31.7. The van der Waals surface area contributed by atoms with Gasteiger partial charge in [0.25, 0.3) is 0 Å². The Morgan fingerprint density at radius 2 is 1.80 bits per heavy atom. The van der Waals surface area contributed by atoms with Gasteiger partial charge in [-0.1, -0.05) is 6.42 Å². The van der Waals surface area contributed by atoms with E-state index in [1.54, 1.807) is 0 Å². The van der Waals surface area contributed by atoms with Gasteiger partial charge in [0.1, 0.15) is 0 Å². The van der Waals surface area contributed by atoms with E-state index in [1.165, 1.54) is 32.4 Å². The lowest BCUT2D eigenvalue weighted by Gasteiger charge is -2.42. The van der Waals surface area contributed by atoms with Crippen molar-refractivity contribution < 1.29 is 9.59 Å². The molecule has 0 spiro atoms. The molecule has 0 aromatic rings. The smallest absolute Gasteiger partial charge is 0.317 e. The number of carbonyl (C=O) groups is 2. The van der Waals surface area contributed by atoms with Crippen LogP contribution in [0.3, 0.4) is 0 Å². The molecule has 2 heterocycles. The molecule has 1 unspecified atom stereocenters. The maximum atomic E-state index is 13.0. The summed E-state index contributed by atoms with van der Waals surface area (Å²) >= 11 is 0. The predicted molar refractivity (Wildman–Crippen MR) is 98.4 cm³/mol. The highest BCUT2D eigenvalue weighted by molar-refractivity contribution is 5.80. The number of nitrogens with one attached hydrogen (secondary N) is 1. The van der Waals surface area contributed by atoms with Crippen LogP contribution < -0.4 is 5.32 Å². The third-order valence-corrected chi connectivity index (χ3v) is 6.05. The normalized spacial score (nSPS) is 24.8. The van der Waals surface area contributed by atoms with Gasteiger partial charge in [0, 0.05) is 44.7 Å². The molecular weight excluding hydrogens is 316 g/mol. The first-order chi connectivity index (χ1) is 12.2. The first kappa shape index (κ1) is 18.5. The van der Waals surface area contributed by atoms with Crippen molar-refractivity contribution in [2.75, 3.05) is 45.8 Å². The Morgan fingerprint density at radius 1 is 1.04 bits per heavy atom. The van der Waals surface area contributed by atoms with Crippen LogP contribution in [0.25, 0.3) is 0 Å². The Hall–Kier alpha value is -1.30. The quantitative estimate of drug-likeness (QED) is 0.796. The van der Waals surface area contributed by atoms with E-state index in [1.807, 2.05) is 11.8 Å². The topological polar surface area (TPSA) is 55.9 Å². The SMILES string of the molecule is CCNC(=O)N1CCCC(N(CCN2CCCC2)C(=O)C2CCC2)C1. The molecule has 0 bridgehead atoms. The third kappa shape index (κ3) is 4.66. The second kappa shape index (κ2) is 8.88. The monoisotopic (exact) mass is 350 g/mol. The van der Waals surface area contributed by atoms with Crippen LogP contribution in [0.1, 0.15) is 51.9 Å². The molecule has 142 valence electrons. The van der Waals surface area contributed by atoms with Gasteiger partial charge in [-0.3, -0.25) is 4.79 Å². The van der Waals surface area contributed by atoms with Crippen molar-refractivity contribution in [3.05, 3.63) is 0 Å². The maximum absolute atomic E-state index is 13.0. The Balaban J connectivity index is 1.61. The molecule has 2 aliphatic heterocycles. The molecular formula is C19H34N4O2. The number of nitrogens with zero attached hydrogens (tertiary/aromatic N) is 3. The van der Waals surface area contributed by atoms with E-state index >= 15 is 0 Å². The molecule has 3 aliphatic rings. The van der Waals surface area contributed by atoms with Crippen LogP contribution in [-0.4, -0.2) is 78.5 Å². The number of carbonyl (C=O) groups excluding carboxylic acids is 2. The van der Waals surface area contributed by atoms with Gasteiger partial charge in [-0.05, 0) is 58.5 Å². The lowest BCUT2D eigenvalue weighted by Crippen LogP contribution is -2.56. The van der Waals surface area contributed by atoms with Crippen molar-refractivity contribution in [3.8, 4) is 0 Å². The fourth-order valence-corrected chi connectivity index (χ4v) is 4.27. The highest BCUT2D eigenvalue weighted by atomic mass is 16.2. The number of likely N-dealkylation sites (tertiary alicyclic amines) is 2. The summed E-state index contributed by atoms with van der Waals surface area (Å²) in [6.45, 7) is 8.23. The number of hydrogen-bond acceptors (Lipinski definition) is 3. The van der Waals surface area contributed by atoms with Gasteiger partial charge in [-0.2, -0.15) is 0 Å². The molecule has 3 amide bonds. The number of rotatable bonds is 6. The number of hydrogen-bond donors (Lipinski definition) is 1. The third-order valence-electron chi connectivity index (χ3n) is 6.05. The summed E-state index contributed by atoms with van der Waals surface area (Å²) < 4.78 is 0. The second-order valence-electron chi connectivity index (χ2n) is 7.79. The number of piperidine rings is 1. The number of amides is 3. The Labute approximate surface area is 151 Å². The fraction of sp³-hybridized carbons (Fsp3) is 0.895. The van der Waals surface area contributed by atoms with Crippen LogP contribution in [0, 0.1) is 5.92 Å². The molecule has 6 heteroatoms. The molecule has 1 saturated carbocycles. The van der Waals surface area contributed by atoms with Crippen LogP contribution >= 0.6 is 0 Å². The molecule has 0 aromatic heterocycles. The summed E-state index contributed by atoms with van der Waals surface area (Å²) in [5.74, 6) is 0.576. The first-order valence-corrected chi connectivity index (χ1v) is 10.2. The van der Waals surface area contributed by atoms with Crippen LogP contribution in [0.2, 0.25) is 0 Å². The van der Waals surface area contributed by atoms with Gasteiger partial charge in [0.2, 0.25) is 5.91 Å². The van der Waals surface area contributed by atoms with E-state index in [0.29, 0.717) is 19.0 Å². The average molecular weight is 351 g/mol. The Bertz CT molecular complexity index is 460. The van der Waals surface area contributed by atoms with E-state index in [4.69, 9.17) is 0 Å².